The molecule has 0 fully saturated rings. The summed E-state index contributed by atoms with van der Waals surface area (Å²) in [5.74, 6) is -0.835. The molecule has 2 amide bonds. The lowest BCUT2D eigenvalue weighted by Gasteiger charge is -2.13. The number of aryl methyl sites for hydroxylation is 2. The van der Waals surface area contributed by atoms with E-state index in [-0.39, 0.29) is 5.91 Å². The van der Waals surface area contributed by atoms with E-state index in [9.17, 15) is 9.59 Å². The molecule has 0 aliphatic heterocycles. The summed E-state index contributed by atoms with van der Waals surface area (Å²) in [5.41, 5.74) is 8.09. The minimum Gasteiger partial charge on any atom is -0.368 e. The molecule has 0 radical (unpaired) electrons. The van der Waals surface area contributed by atoms with Gasteiger partial charge in [-0.05, 0) is 44.4 Å². The smallest absolute Gasteiger partial charge is 0.264 e. The highest BCUT2D eigenvalue weighted by Gasteiger charge is 2.19. The van der Waals surface area contributed by atoms with Crippen LogP contribution in [0.15, 0.2) is 23.6 Å². The van der Waals surface area contributed by atoms with E-state index in [1.165, 1.54) is 11.3 Å². The quantitative estimate of drug-likeness (QED) is 0.900. The number of carbonyl (C=O) groups is 2. The van der Waals surface area contributed by atoms with E-state index in [0.717, 1.165) is 17.1 Å². The van der Waals surface area contributed by atoms with Gasteiger partial charge in [0.1, 0.15) is 10.9 Å². The van der Waals surface area contributed by atoms with Crippen molar-refractivity contribution >= 4 is 23.2 Å². The van der Waals surface area contributed by atoms with Crippen molar-refractivity contribution in [2.75, 3.05) is 0 Å². The second kappa shape index (κ2) is 5.50. The fourth-order valence-electron chi connectivity index (χ4n) is 2.03. The summed E-state index contributed by atoms with van der Waals surface area (Å²) in [6, 6.07) is 5.21. The predicted octanol–water partition coefficient (Wildman–Crippen LogP) is 1.76. The summed E-state index contributed by atoms with van der Waals surface area (Å²) < 4.78 is 2.01. The monoisotopic (exact) mass is 291 g/mol. The molecule has 106 valence electrons. The highest BCUT2D eigenvalue weighted by Crippen LogP contribution is 2.25. The van der Waals surface area contributed by atoms with Crippen molar-refractivity contribution in [3.05, 3.63) is 39.8 Å². The van der Waals surface area contributed by atoms with E-state index in [1.54, 1.807) is 6.92 Å². The summed E-state index contributed by atoms with van der Waals surface area (Å²) in [4.78, 5) is 23.8. The van der Waals surface area contributed by atoms with Crippen LogP contribution in [-0.4, -0.2) is 22.4 Å². The van der Waals surface area contributed by atoms with Crippen LogP contribution in [0.3, 0.4) is 0 Å². The molecule has 1 atom stereocenters. The summed E-state index contributed by atoms with van der Waals surface area (Å²) in [5, 5.41) is 4.47. The van der Waals surface area contributed by atoms with Gasteiger partial charge in [-0.3, -0.25) is 9.59 Å². The first-order valence-corrected chi connectivity index (χ1v) is 7.12. The van der Waals surface area contributed by atoms with Crippen molar-refractivity contribution in [1.82, 2.24) is 9.88 Å². The number of thiophene rings is 1. The van der Waals surface area contributed by atoms with Gasteiger partial charge in [-0.15, -0.1) is 11.3 Å². The summed E-state index contributed by atoms with van der Waals surface area (Å²) in [6.07, 6.45) is 0. The topological polar surface area (TPSA) is 77.1 Å². The van der Waals surface area contributed by atoms with Crippen LogP contribution in [0.2, 0.25) is 0 Å². The molecule has 0 spiro atoms. The van der Waals surface area contributed by atoms with Gasteiger partial charge >= 0.3 is 0 Å². The Hall–Kier alpha value is -2.08. The van der Waals surface area contributed by atoms with Crippen LogP contribution in [0.4, 0.5) is 0 Å². The lowest BCUT2D eigenvalue weighted by molar-refractivity contribution is -0.119. The molecule has 6 heteroatoms. The number of hydrogen-bond acceptors (Lipinski definition) is 3. The fraction of sp³-hybridized carbons (Fsp3) is 0.286. The molecule has 0 aliphatic rings. The summed E-state index contributed by atoms with van der Waals surface area (Å²) in [7, 11) is 0. The van der Waals surface area contributed by atoms with Gasteiger partial charge in [0.05, 0.1) is 5.69 Å². The Morgan fingerprint density at radius 2 is 1.85 bits per heavy atom. The number of rotatable bonds is 4. The molecule has 5 nitrogen and oxygen atoms in total. The Bertz CT molecular complexity index is 638. The minimum atomic E-state index is -0.690. The second-order valence-corrected chi connectivity index (χ2v) is 5.60. The molecule has 0 aromatic carbocycles. The molecule has 0 saturated carbocycles. The average Bonchev–Trinajstić information content (AvgIpc) is 2.96. The number of primary amides is 1. The lowest BCUT2D eigenvalue weighted by atomic mass is 10.3. The van der Waals surface area contributed by atoms with E-state index in [0.29, 0.717) is 4.88 Å². The van der Waals surface area contributed by atoms with Gasteiger partial charge in [-0.1, -0.05) is 0 Å². The predicted molar refractivity (Wildman–Crippen MR) is 79.2 cm³/mol. The average molecular weight is 291 g/mol. The van der Waals surface area contributed by atoms with Crippen molar-refractivity contribution in [3.63, 3.8) is 0 Å². The first kappa shape index (κ1) is 14.3. The molecule has 2 heterocycles. The van der Waals surface area contributed by atoms with Gasteiger partial charge in [0, 0.05) is 11.4 Å². The number of amides is 2. The van der Waals surface area contributed by atoms with Crippen LogP contribution in [0.5, 0.6) is 0 Å². The third kappa shape index (κ3) is 2.60. The second-order valence-electron chi connectivity index (χ2n) is 4.68. The number of nitrogens with one attached hydrogen (secondary N) is 1. The van der Waals surface area contributed by atoms with Crippen molar-refractivity contribution in [2.45, 2.75) is 26.8 Å². The number of carbonyl (C=O) groups excluding carboxylic acids is 2. The molecule has 2 rings (SSSR count). The van der Waals surface area contributed by atoms with Gasteiger partial charge < -0.3 is 15.6 Å². The largest absolute Gasteiger partial charge is 0.368 e. The zero-order valence-electron chi connectivity index (χ0n) is 11.6. The van der Waals surface area contributed by atoms with Gasteiger partial charge in [-0.25, -0.2) is 0 Å². The van der Waals surface area contributed by atoms with Crippen LogP contribution >= 0.6 is 11.3 Å². The molecule has 0 unspecified atom stereocenters. The third-order valence-electron chi connectivity index (χ3n) is 3.14. The van der Waals surface area contributed by atoms with E-state index < -0.39 is 11.9 Å². The van der Waals surface area contributed by atoms with Crippen LogP contribution < -0.4 is 11.1 Å². The van der Waals surface area contributed by atoms with E-state index >= 15 is 0 Å². The highest BCUT2D eigenvalue weighted by molar-refractivity contribution is 7.12. The molecule has 2 aromatic rings. The van der Waals surface area contributed by atoms with Gasteiger partial charge in [0.25, 0.3) is 5.91 Å². The third-order valence-corrected chi connectivity index (χ3v) is 4.04. The zero-order chi connectivity index (χ0) is 14.9. The number of nitrogens with zero attached hydrogens (tertiary/aromatic N) is 1. The maximum atomic E-state index is 12.2. The van der Waals surface area contributed by atoms with Crippen LogP contribution in [0.25, 0.3) is 5.69 Å². The van der Waals surface area contributed by atoms with Crippen molar-refractivity contribution in [2.24, 2.45) is 5.73 Å². The summed E-state index contributed by atoms with van der Waals surface area (Å²) in [6.45, 7) is 5.54. The maximum absolute atomic E-state index is 12.2. The maximum Gasteiger partial charge on any atom is 0.264 e. The van der Waals surface area contributed by atoms with Crippen LogP contribution in [0.1, 0.15) is 28.0 Å². The lowest BCUT2D eigenvalue weighted by Crippen LogP contribution is -2.42. The van der Waals surface area contributed by atoms with Crippen molar-refractivity contribution in [1.29, 1.82) is 0 Å². The van der Waals surface area contributed by atoms with Crippen LogP contribution in [0, 0.1) is 13.8 Å². The molecule has 0 saturated heterocycles. The number of aromatic nitrogens is 1. The number of hydrogen-bond donors (Lipinski definition) is 2. The van der Waals surface area contributed by atoms with Gasteiger partial charge in [-0.2, -0.15) is 0 Å². The van der Waals surface area contributed by atoms with Crippen LogP contribution in [-0.2, 0) is 4.79 Å². The van der Waals surface area contributed by atoms with E-state index in [1.807, 2.05) is 42.0 Å². The van der Waals surface area contributed by atoms with E-state index in [2.05, 4.69) is 5.32 Å². The molecular formula is C14H17N3O2S. The Kier molecular flexibility index (Phi) is 3.94. The Morgan fingerprint density at radius 3 is 2.40 bits per heavy atom. The first-order valence-electron chi connectivity index (χ1n) is 6.24. The highest BCUT2D eigenvalue weighted by atomic mass is 32.1. The standard InChI is InChI=1S/C14H17N3O2S/c1-8-4-5-9(2)17(8)11-6-7-20-12(11)14(19)16-10(3)13(15)18/h4-7,10H,1-3H3,(H2,15,18)(H,16,19)/t10-/m0/s1. The molecular weight excluding hydrogens is 274 g/mol. The fourth-order valence-corrected chi connectivity index (χ4v) is 2.81. The van der Waals surface area contributed by atoms with Crippen molar-refractivity contribution < 1.29 is 9.59 Å². The number of nitrogens with two attached hydrogens (primary N) is 1. The molecule has 0 bridgehead atoms. The molecule has 3 N–H and O–H groups in total. The Morgan fingerprint density at radius 1 is 1.25 bits per heavy atom. The molecule has 2 aromatic heterocycles. The normalized spacial score (nSPS) is 12.2. The Balaban J connectivity index is 2.34. The summed E-state index contributed by atoms with van der Waals surface area (Å²) >= 11 is 1.34. The Labute approximate surface area is 121 Å². The van der Waals surface area contributed by atoms with E-state index in [4.69, 9.17) is 5.73 Å². The first-order chi connectivity index (χ1) is 9.41. The zero-order valence-corrected chi connectivity index (χ0v) is 12.5. The van der Waals surface area contributed by atoms with Gasteiger partial charge in [0.15, 0.2) is 0 Å². The van der Waals surface area contributed by atoms with Gasteiger partial charge in [0.2, 0.25) is 5.91 Å². The molecule has 20 heavy (non-hydrogen) atoms. The minimum absolute atomic E-state index is 0.284. The SMILES string of the molecule is Cc1ccc(C)n1-c1ccsc1C(=O)N[C@@H](C)C(N)=O. The van der Waals surface area contributed by atoms with Crippen molar-refractivity contribution in [3.8, 4) is 5.69 Å². The molecule has 0 aliphatic carbocycles.